The average Bonchev–Trinajstić information content (AvgIpc) is 2.60. The van der Waals surface area contributed by atoms with Crippen LogP contribution in [0.15, 0.2) is 10.9 Å². The van der Waals surface area contributed by atoms with E-state index < -0.39 is 0 Å². The topological polar surface area (TPSA) is 75.1 Å². The maximum absolute atomic E-state index is 11.7. The Kier molecular flexibility index (Phi) is 3.23. The lowest BCUT2D eigenvalue weighted by Crippen LogP contribution is -2.28. The molecule has 2 aromatic rings. The molecular weight excluding hydrogens is 218 g/mol. The van der Waals surface area contributed by atoms with E-state index in [1.165, 1.54) is 10.6 Å². The molecule has 0 bridgehead atoms. The molecule has 0 amide bonds. The number of aromatic nitrogens is 4. The first kappa shape index (κ1) is 11.8. The first-order valence-corrected chi connectivity index (χ1v) is 5.79. The number of aryl methyl sites for hydroxylation is 1. The Morgan fingerprint density at radius 2 is 2.29 bits per heavy atom. The molecule has 0 aromatic carbocycles. The summed E-state index contributed by atoms with van der Waals surface area (Å²) in [6.07, 6.45) is 0.746. The summed E-state index contributed by atoms with van der Waals surface area (Å²) in [6.45, 7) is 6.85. The van der Waals surface area contributed by atoms with Crippen molar-refractivity contribution in [1.82, 2.24) is 24.9 Å². The van der Waals surface area contributed by atoms with Crippen molar-refractivity contribution in [3.63, 3.8) is 0 Å². The van der Waals surface area contributed by atoms with E-state index in [-0.39, 0.29) is 5.56 Å². The van der Waals surface area contributed by atoms with Crippen LogP contribution < -0.4 is 10.9 Å². The van der Waals surface area contributed by atoms with Gasteiger partial charge in [-0.1, -0.05) is 6.92 Å². The second-order valence-corrected chi connectivity index (χ2v) is 4.20. The third-order valence-corrected chi connectivity index (χ3v) is 2.56. The van der Waals surface area contributed by atoms with Crippen molar-refractivity contribution in [2.24, 2.45) is 0 Å². The predicted octanol–water partition coefficient (Wildman–Crippen LogP) is 0.267. The van der Waals surface area contributed by atoms with Crippen LogP contribution in [0.1, 0.15) is 25.4 Å². The quantitative estimate of drug-likeness (QED) is 0.797. The Balaban J connectivity index is 2.32. The summed E-state index contributed by atoms with van der Waals surface area (Å²) in [5.41, 5.74) is 0.565. The average molecular weight is 235 g/mol. The minimum absolute atomic E-state index is 0.123. The van der Waals surface area contributed by atoms with Crippen molar-refractivity contribution in [3.8, 4) is 0 Å². The number of nitrogens with zero attached hydrogens (tertiary/aromatic N) is 3. The molecule has 1 atom stereocenters. The van der Waals surface area contributed by atoms with Crippen LogP contribution in [-0.2, 0) is 6.42 Å². The van der Waals surface area contributed by atoms with Crippen LogP contribution in [0, 0.1) is 6.92 Å². The van der Waals surface area contributed by atoms with E-state index in [9.17, 15) is 4.79 Å². The van der Waals surface area contributed by atoms with Gasteiger partial charge in [-0.2, -0.15) is 9.50 Å². The molecule has 2 rings (SSSR count). The molecule has 92 valence electrons. The summed E-state index contributed by atoms with van der Waals surface area (Å²) in [5, 5.41) is 6.27. The Hall–Kier alpha value is -1.69. The molecule has 0 fully saturated rings. The van der Waals surface area contributed by atoms with Gasteiger partial charge >= 0.3 is 0 Å². The number of aromatic amines is 1. The predicted molar refractivity (Wildman–Crippen MR) is 65.2 cm³/mol. The van der Waals surface area contributed by atoms with Crippen LogP contribution in [0.4, 0.5) is 0 Å². The summed E-state index contributed by atoms with van der Waals surface area (Å²) in [4.78, 5) is 20.2. The molecule has 0 aliphatic carbocycles. The highest BCUT2D eigenvalue weighted by molar-refractivity contribution is 5.27. The number of fused-ring (bicyclic) bond motifs is 1. The normalized spacial score (nSPS) is 13.1. The SMILES string of the molecule is CCNC(C)Cc1nc2nc(C)cc(=O)n2[nH]1. The Morgan fingerprint density at radius 1 is 1.53 bits per heavy atom. The molecule has 17 heavy (non-hydrogen) atoms. The maximum atomic E-state index is 11.7. The van der Waals surface area contributed by atoms with Gasteiger partial charge in [0.05, 0.1) is 0 Å². The van der Waals surface area contributed by atoms with Crippen molar-refractivity contribution >= 4 is 5.78 Å². The first-order chi connectivity index (χ1) is 8.10. The molecule has 2 aromatic heterocycles. The van der Waals surface area contributed by atoms with E-state index in [1.54, 1.807) is 6.92 Å². The Morgan fingerprint density at radius 3 is 3.00 bits per heavy atom. The highest BCUT2D eigenvalue weighted by Gasteiger charge is 2.09. The lowest BCUT2D eigenvalue weighted by Gasteiger charge is -2.08. The molecule has 0 aliphatic rings. The van der Waals surface area contributed by atoms with Crippen molar-refractivity contribution in [1.29, 1.82) is 0 Å². The van der Waals surface area contributed by atoms with Crippen LogP contribution in [0.25, 0.3) is 5.78 Å². The van der Waals surface area contributed by atoms with E-state index in [0.717, 1.165) is 18.8 Å². The van der Waals surface area contributed by atoms with Crippen molar-refractivity contribution in [3.05, 3.63) is 27.9 Å². The van der Waals surface area contributed by atoms with Crippen molar-refractivity contribution in [2.75, 3.05) is 6.54 Å². The summed E-state index contributed by atoms with van der Waals surface area (Å²) in [7, 11) is 0. The van der Waals surface area contributed by atoms with Crippen LogP contribution in [0.3, 0.4) is 0 Å². The highest BCUT2D eigenvalue weighted by Crippen LogP contribution is 2.00. The minimum atomic E-state index is -0.123. The Labute approximate surface area is 99.1 Å². The van der Waals surface area contributed by atoms with Gasteiger partial charge in [-0.05, 0) is 20.4 Å². The van der Waals surface area contributed by atoms with Gasteiger partial charge in [0.1, 0.15) is 5.82 Å². The van der Waals surface area contributed by atoms with Gasteiger partial charge in [0, 0.05) is 24.2 Å². The van der Waals surface area contributed by atoms with Crippen LogP contribution in [-0.4, -0.2) is 32.2 Å². The zero-order chi connectivity index (χ0) is 12.4. The molecule has 0 spiro atoms. The number of hydrogen-bond donors (Lipinski definition) is 2. The lowest BCUT2D eigenvalue weighted by molar-refractivity contribution is 0.552. The van der Waals surface area contributed by atoms with Crippen molar-refractivity contribution in [2.45, 2.75) is 33.2 Å². The molecule has 0 saturated carbocycles. The van der Waals surface area contributed by atoms with Gasteiger partial charge in [-0.15, -0.1) is 0 Å². The largest absolute Gasteiger partial charge is 0.314 e. The van der Waals surface area contributed by atoms with Crippen LogP contribution in [0.2, 0.25) is 0 Å². The molecular formula is C11H17N5O. The van der Waals surface area contributed by atoms with Crippen LogP contribution >= 0.6 is 0 Å². The van der Waals surface area contributed by atoms with Gasteiger partial charge < -0.3 is 5.32 Å². The molecule has 6 heteroatoms. The minimum Gasteiger partial charge on any atom is -0.314 e. The second kappa shape index (κ2) is 4.67. The number of nitrogens with one attached hydrogen (secondary N) is 2. The fraction of sp³-hybridized carbons (Fsp3) is 0.545. The van der Waals surface area contributed by atoms with Gasteiger partial charge in [-0.25, -0.2) is 4.98 Å². The number of likely N-dealkylation sites (N-methyl/N-ethyl adjacent to an activating group) is 1. The van der Waals surface area contributed by atoms with Gasteiger partial charge in [0.25, 0.3) is 11.3 Å². The lowest BCUT2D eigenvalue weighted by atomic mass is 10.2. The van der Waals surface area contributed by atoms with E-state index in [0.29, 0.717) is 17.5 Å². The third-order valence-electron chi connectivity index (χ3n) is 2.56. The summed E-state index contributed by atoms with van der Waals surface area (Å²) < 4.78 is 1.38. The highest BCUT2D eigenvalue weighted by atomic mass is 16.1. The first-order valence-electron chi connectivity index (χ1n) is 5.79. The number of rotatable bonds is 4. The van der Waals surface area contributed by atoms with E-state index in [1.807, 2.05) is 0 Å². The fourth-order valence-electron chi connectivity index (χ4n) is 1.84. The number of hydrogen-bond acceptors (Lipinski definition) is 4. The summed E-state index contributed by atoms with van der Waals surface area (Å²) in [5.74, 6) is 1.21. The summed E-state index contributed by atoms with van der Waals surface area (Å²) >= 11 is 0. The maximum Gasteiger partial charge on any atom is 0.274 e. The van der Waals surface area contributed by atoms with E-state index >= 15 is 0 Å². The second-order valence-electron chi connectivity index (χ2n) is 4.20. The van der Waals surface area contributed by atoms with Gasteiger partial charge in [0.15, 0.2) is 0 Å². The molecule has 0 saturated heterocycles. The van der Waals surface area contributed by atoms with E-state index in [2.05, 4.69) is 34.2 Å². The third kappa shape index (κ3) is 2.52. The molecule has 0 radical (unpaired) electrons. The molecule has 6 nitrogen and oxygen atoms in total. The standard InChI is InChI=1S/C11H17N5O/c1-4-12-7(2)5-9-14-11-13-8(3)6-10(17)16(11)15-9/h6-7,12H,4-5H2,1-3H3,(H,13,14,15). The van der Waals surface area contributed by atoms with Crippen molar-refractivity contribution < 1.29 is 0 Å². The Bertz CT molecular complexity index is 571. The fourth-order valence-corrected chi connectivity index (χ4v) is 1.84. The zero-order valence-corrected chi connectivity index (χ0v) is 10.3. The monoisotopic (exact) mass is 235 g/mol. The molecule has 0 aliphatic heterocycles. The van der Waals surface area contributed by atoms with E-state index in [4.69, 9.17) is 0 Å². The van der Waals surface area contributed by atoms with Gasteiger partial charge in [0.2, 0.25) is 0 Å². The smallest absolute Gasteiger partial charge is 0.274 e. The molecule has 1 unspecified atom stereocenters. The van der Waals surface area contributed by atoms with Crippen LogP contribution in [0.5, 0.6) is 0 Å². The molecule has 2 N–H and O–H groups in total. The number of H-pyrrole nitrogens is 1. The summed E-state index contributed by atoms with van der Waals surface area (Å²) in [6, 6.07) is 1.81. The van der Waals surface area contributed by atoms with Gasteiger partial charge in [-0.3, -0.25) is 9.89 Å². The molecule has 2 heterocycles. The zero-order valence-electron chi connectivity index (χ0n) is 10.3.